The Bertz CT molecular complexity index is 936. The predicted molar refractivity (Wildman–Crippen MR) is 112 cm³/mol. The van der Waals surface area contributed by atoms with E-state index in [9.17, 15) is 9.59 Å². The Morgan fingerprint density at radius 2 is 1.93 bits per heavy atom. The minimum Gasteiger partial charge on any atom is -0.352 e. The Kier molecular flexibility index (Phi) is 6.83. The summed E-state index contributed by atoms with van der Waals surface area (Å²) in [4.78, 5) is 25.6. The zero-order chi connectivity index (χ0) is 19.9. The highest BCUT2D eigenvalue weighted by molar-refractivity contribution is 7.97. The lowest BCUT2D eigenvalue weighted by atomic mass is 10.2. The van der Waals surface area contributed by atoms with Crippen LogP contribution in [-0.4, -0.2) is 39.6 Å². The van der Waals surface area contributed by atoms with E-state index in [1.54, 1.807) is 52.0 Å². The number of thioether (sulfide) groups is 1. The summed E-state index contributed by atoms with van der Waals surface area (Å²) in [7, 11) is 0. The van der Waals surface area contributed by atoms with Gasteiger partial charge in [-0.3, -0.25) is 9.59 Å². The first-order valence-corrected chi connectivity index (χ1v) is 11.0. The van der Waals surface area contributed by atoms with Gasteiger partial charge in [0.25, 0.3) is 11.8 Å². The molecule has 9 heteroatoms. The van der Waals surface area contributed by atoms with Crippen molar-refractivity contribution in [3.63, 3.8) is 0 Å². The van der Waals surface area contributed by atoms with Gasteiger partial charge in [-0.1, -0.05) is 11.3 Å². The molecule has 3 rings (SSSR count). The summed E-state index contributed by atoms with van der Waals surface area (Å²) in [5.41, 5.74) is 2.37. The zero-order valence-corrected chi connectivity index (χ0v) is 17.3. The molecule has 0 fully saturated rings. The smallest absolute Gasteiger partial charge is 0.274 e. The minimum atomic E-state index is -0.248. The van der Waals surface area contributed by atoms with Crippen LogP contribution in [0.1, 0.15) is 38.3 Å². The number of hydrogen-bond donors (Lipinski definition) is 2. The lowest BCUT2D eigenvalue weighted by Crippen LogP contribution is -2.24. The molecule has 2 amide bonds. The third-order valence-corrected chi connectivity index (χ3v) is 5.41. The SMILES string of the molecule is CCNC(=O)c1ccc(-n2nnc(C(=O)NCc3cccs3)c2CSC)cc1. The van der Waals surface area contributed by atoms with E-state index >= 15 is 0 Å². The van der Waals surface area contributed by atoms with Crippen LogP contribution >= 0.6 is 23.1 Å². The molecule has 0 radical (unpaired) electrons. The Labute approximate surface area is 171 Å². The van der Waals surface area contributed by atoms with Gasteiger partial charge in [-0.2, -0.15) is 11.8 Å². The monoisotopic (exact) mass is 415 g/mol. The van der Waals surface area contributed by atoms with Gasteiger partial charge in [0, 0.05) is 22.7 Å². The maximum Gasteiger partial charge on any atom is 0.274 e. The number of hydrogen-bond acceptors (Lipinski definition) is 6. The maximum absolute atomic E-state index is 12.6. The quantitative estimate of drug-likeness (QED) is 0.591. The van der Waals surface area contributed by atoms with E-state index in [4.69, 9.17) is 0 Å². The third-order valence-electron chi connectivity index (χ3n) is 3.97. The molecular weight excluding hydrogens is 394 g/mol. The predicted octanol–water partition coefficient (Wildman–Crippen LogP) is 2.87. The molecule has 2 N–H and O–H groups in total. The van der Waals surface area contributed by atoms with Gasteiger partial charge in [0.05, 0.1) is 17.9 Å². The van der Waals surface area contributed by atoms with E-state index in [0.29, 0.717) is 30.1 Å². The molecule has 0 saturated heterocycles. The molecule has 0 saturated carbocycles. The summed E-state index contributed by atoms with van der Waals surface area (Å²) < 4.78 is 1.65. The van der Waals surface area contributed by atoms with Crippen molar-refractivity contribution in [2.45, 2.75) is 19.2 Å². The van der Waals surface area contributed by atoms with Crippen molar-refractivity contribution in [2.75, 3.05) is 12.8 Å². The van der Waals surface area contributed by atoms with Crippen molar-refractivity contribution in [1.82, 2.24) is 25.6 Å². The topological polar surface area (TPSA) is 88.9 Å². The first-order valence-electron chi connectivity index (χ1n) is 8.76. The highest BCUT2D eigenvalue weighted by Gasteiger charge is 2.20. The molecule has 0 aliphatic carbocycles. The summed E-state index contributed by atoms with van der Waals surface area (Å²) in [6.45, 7) is 2.91. The summed E-state index contributed by atoms with van der Waals surface area (Å²) in [6.07, 6.45) is 1.96. The van der Waals surface area contributed by atoms with E-state index in [1.807, 2.05) is 30.7 Å². The number of nitrogens with zero attached hydrogens (tertiary/aromatic N) is 3. The second-order valence-corrected chi connectivity index (χ2v) is 7.80. The fourth-order valence-electron chi connectivity index (χ4n) is 2.63. The van der Waals surface area contributed by atoms with Crippen molar-refractivity contribution in [1.29, 1.82) is 0 Å². The molecule has 0 unspecified atom stereocenters. The average molecular weight is 416 g/mol. The third kappa shape index (κ3) is 4.60. The number of carbonyl (C=O) groups is 2. The van der Waals surface area contributed by atoms with Crippen LogP contribution < -0.4 is 10.6 Å². The van der Waals surface area contributed by atoms with Crippen LogP contribution in [0.15, 0.2) is 41.8 Å². The molecule has 2 heterocycles. The van der Waals surface area contributed by atoms with Gasteiger partial charge in [0.1, 0.15) is 0 Å². The zero-order valence-electron chi connectivity index (χ0n) is 15.6. The normalized spacial score (nSPS) is 10.6. The van der Waals surface area contributed by atoms with E-state index in [2.05, 4.69) is 20.9 Å². The molecule has 3 aromatic rings. The second kappa shape index (κ2) is 9.52. The number of aromatic nitrogens is 3. The van der Waals surface area contributed by atoms with Crippen molar-refractivity contribution in [2.24, 2.45) is 0 Å². The Balaban J connectivity index is 1.81. The van der Waals surface area contributed by atoms with Gasteiger partial charge in [0.2, 0.25) is 0 Å². The van der Waals surface area contributed by atoms with Crippen molar-refractivity contribution < 1.29 is 9.59 Å². The van der Waals surface area contributed by atoms with Crippen molar-refractivity contribution in [3.8, 4) is 5.69 Å². The van der Waals surface area contributed by atoms with Gasteiger partial charge >= 0.3 is 0 Å². The van der Waals surface area contributed by atoms with E-state index in [0.717, 1.165) is 16.3 Å². The molecule has 0 aliphatic heterocycles. The number of thiophene rings is 1. The maximum atomic E-state index is 12.6. The van der Waals surface area contributed by atoms with E-state index in [-0.39, 0.29) is 11.8 Å². The van der Waals surface area contributed by atoms with Gasteiger partial charge in [-0.15, -0.1) is 16.4 Å². The van der Waals surface area contributed by atoms with E-state index < -0.39 is 0 Å². The molecule has 28 heavy (non-hydrogen) atoms. The largest absolute Gasteiger partial charge is 0.352 e. The number of amides is 2. The molecule has 146 valence electrons. The molecule has 1 aromatic carbocycles. The minimum absolute atomic E-state index is 0.120. The van der Waals surface area contributed by atoms with Crippen LogP contribution in [0.5, 0.6) is 0 Å². The molecule has 7 nitrogen and oxygen atoms in total. The lowest BCUT2D eigenvalue weighted by molar-refractivity contribution is 0.0941. The van der Waals surface area contributed by atoms with Crippen molar-refractivity contribution in [3.05, 3.63) is 63.6 Å². The highest BCUT2D eigenvalue weighted by Crippen LogP contribution is 2.19. The van der Waals surface area contributed by atoms with Crippen LogP contribution in [0.4, 0.5) is 0 Å². The van der Waals surface area contributed by atoms with Crippen LogP contribution in [0, 0.1) is 0 Å². The van der Waals surface area contributed by atoms with Crippen LogP contribution in [0.2, 0.25) is 0 Å². The van der Waals surface area contributed by atoms with Gasteiger partial charge < -0.3 is 10.6 Å². The number of rotatable bonds is 8. The Morgan fingerprint density at radius 3 is 2.57 bits per heavy atom. The number of carbonyl (C=O) groups excluding carboxylic acids is 2. The summed E-state index contributed by atoms with van der Waals surface area (Å²) >= 11 is 3.18. The summed E-state index contributed by atoms with van der Waals surface area (Å²) in [5.74, 6) is 0.223. The Hall–Kier alpha value is -2.65. The molecule has 0 bridgehead atoms. The van der Waals surface area contributed by atoms with Gasteiger partial charge in [-0.05, 0) is 48.9 Å². The number of benzene rings is 1. The molecular formula is C19H21N5O2S2. The first-order chi connectivity index (χ1) is 13.6. The Morgan fingerprint density at radius 1 is 1.14 bits per heavy atom. The molecule has 2 aromatic heterocycles. The molecule has 0 aliphatic rings. The van der Waals surface area contributed by atoms with Crippen LogP contribution in [0.25, 0.3) is 5.69 Å². The molecule has 0 spiro atoms. The fourth-order valence-corrected chi connectivity index (χ4v) is 3.81. The van der Waals surface area contributed by atoms with Gasteiger partial charge in [-0.25, -0.2) is 4.68 Å². The van der Waals surface area contributed by atoms with Crippen molar-refractivity contribution >= 4 is 34.9 Å². The van der Waals surface area contributed by atoms with Gasteiger partial charge in [0.15, 0.2) is 5.69 Å². The molecule has 0 atom stereocenters. The van der Waals surface area contributed by atoms with Crippen LogP contribution in [-0.2, 0) is 12.3 Å². The fraction of sp³-hybridized carbons (Fsp3) is 0.263. The average Bonchev–Trinajstić information content (AvgIpc) is 3.37. The summed E-state index contributed by atoms with van der Waals surface area (Å²) in [6, 6.07) is 11.0. The van der Waals surface area contributed by atoms with Crippen LogP contribution in [0.3, 0.4) is 0 Å². The summed E-state index contributed by atoms with van der Waals surface area (Å²) in [5, 5.41) is 15.9. The number of nitrogens with one attached hydrogen (secondary N) is 2. The van der Waals surface area contributed by atoms with E-state index in [1.165, 1.54) is 0 Å². The standard InChI is InChI=1S/C19H21N5O2S2/c1-3-20-18(25)13-6-8-14(9-7-13)24-16(12-27-2)17(22-23-24)19(26)21-11-15-5-4-10-28-15/h4-10H,3,11-12H2,1-2H3,(H,20,25)(H,21,26). The first kappa shape index (κ1) is 20.1. The lowest BCUT2D eigenvalue weighted by Gasteiger charge is -2.08. The second-order valence-electron chi connectivity index (χ2n) is 5.90. The highest BCUT2D eigenvalue weighted by atomic mass is 32.2.